The average Bonchev–Trinajstić information content (AvgIpc) is 2.66. The van der Waals surface area contributed by atoms with E-state index in [1.807, 2.05) is 0 Å². The number of hydrogen-bond donors (Lipinski definition) is 0. The first-order valence-corrected chi connectivity index (χ1v) is 20.3. The Labute approximate surface area is 184 Å². The van der Waals surface area contributed by atoms with Gasteiger partial charge in [0.15, 0.2) is 0 Å². The molecule has 0 aliphatic carbocycles. The summed E-state index contributed by atoms with van der Waals surface area (Å²) in [4.78, 5) is 22.6. The first-order chi connectivity index (χ1) is 14.0. The van der Waals surface area contributed by atoms with E-state index in [4.69, 9.17) is 9.47 Å². The number of carbonyl (C=O) groups excluding carboxylic acids is 2. The predicted octanol–water partition coefficient (Wildman–Crippen LogP) is 7.28. The van der Waals surface area contributed by atoms with Gasteiger partial charge in [0.1, 0.15) is 0 Å². The molecule has 0 bridgehead atoms. The summed E-state index contributed by atoms with van der Waals surface area (Å²) < 4.78 is 15.6. The van der Waals surface area contributed by atoms with Crippen LogP contribution in [-0.4, -0.2) is 43.5 Å². The molecule has 29 heavy (non-hydrogen) atoms. The van der Waals surface area contributed by atoms with E-state index in [-0.39, 0.29) is 11.9 Å². The standard InChI is InChI=1S/2C8H17.2C4H7O2.Sn/c2*1-3-5-7-8-6-4-2;2*1-3-6-4(2)5;/h2*1,3-8H2,2H3;2*1,3H2,2H3;. The Hall–Kier alpha value is -0.261. The monoisotopic (exact) mass is 520 g/mol. The van der Waals surface area contributed by atoms with Crippen molar-refractivity contribution in [3.05, 3.63) is 0 Å². The molecule has 4 nitrogen and oxygen atoms in total. The Kier molecular flexibility index (Phi) is 19.5. The third kappa shape index (κ3) is 18.2. The Morgan fingerprint density at radius 3 is 1.24 bits per heavy atom. The summed E-state index contributed by atoms with van der Waals surface area (Å²) in [6, 6.07) is 0. The SMILES string of the molecule is CCCCCCC[CH2][Sn]([CH2]CCCCCCC)([CH2]COC(C)=O)[CH2]COC(C)=O. The Morgan fingerprint density at radius 2 is 0.897 bits per heavy atom. The fraction of sp³-hybridized carbons (Fsp3) is 0.917. The molecule has 0 aliphatic heterocycles. The summed E-state index contributed by atoms with van der Waals surface area (Å²) in [5.41, 5.74) is 0. The maximum atomic E-state index is 11.3. The molecule has 0 saturated heterocycles. The molecule has 0 unspecified atom stereocenters. The average molecular weight is 519 g/mol. The predicted molar refractivity (Wildman–Crippen MR) is 125 cm³/mol. The molecule has 5 heteroatoms. The molecule has 0 fully saturated rings. The number of esters is 2. The second-order valence-corrected chi connectivity index (χ2v) is 23.0. The summed E-state index contributed by atoms with van der Waals surface area (Å²) in [6.45, 7) is 8.64. The summed E-state index contributed by atoms with van der Waals surface area (Å²) in [5.74, 6) is -0.353. The van der Waals surface area contributed by atoms with Crippen molar-refractivity contribution >= 4 is 30.3 Å². The van der Waals surface area contributed by atoms with Gasteiger partial charge in [0.25, 0.3) is 0 Å². The van der Waals surface area contributed by atoms with Crippen molar-refractivity contribution in [1.29, 1.82) is 0 Å². The maximum absolute atomic E-state index is 11.3. The van der Waals surface area contributed by atoms with Gasteiger partial charge in [0.05, 0.1) is 0 Å². The minimum atomic E-state index is -2.51. The van der Waals surface area contributed by atoms with E-state index in [1.54, 1.807) is 0 Å². The van der Waals surface area contributed by atoms with Gasteiger partial charge in [-0.15, -0.1) is 0 Å². The quantitative estimate of drug-likeness (QED) is 0.0964. The van der Waals surface area contributed by atoms with Crippen LogP contribution in [0, 0.1) is 0 Å². The molecular weight excluding hydrogens is 471 g/mol. The molecule has 0 amide bonds. The van der Waals surface area contributed by atoms with Crippen molar-refractivity contribution in [2.24, 2.45) is 0 Å². The molecule has 0 atom stereocenters. The molecule has 0 N–H and O–H groups in total. The van der Waals surface area contributed by atoms with Crippen LogP contribution in [0.3, 0.4) is 0 Å². The third-order valence-corrected chi connectivity index (χ3v) is 21.3. The van der Waals surface area contributed by atoms with Crippen molar-refractivity contribution in [2.75, 3.05) is 13.2 Å². The van der Waals surface area contributed by atoms with E-state index in [0.717, 1.165) is 8.87 Å². The van der Waals surface area contributed by atoms with E-state index >= 15 is 0 Å². The molecular formula is C24H48O4Sn. The van der Waals surface area contributed by atoms with Crippen molar-refractivity contribution in [1.82, 2.24) is 0 Å². The molecule has 0 saturated carbocycles. The van der Waals surface area contributed by atoms with E-state index in [0.29, 0.717) is 13.2 Å². The van der Waals surface area contributed by atoms with Crippen LogP contribution in [0.1, 0.15) is 105 Å². The van der Waals surface area contributed by atoms with Gasteiger partial charge in [-0.3, -0.25) is 0 Å². The summed E-state index contributed by atoms with van der Waals surface area (Å²) in [6.07, 6.45) is 15.8. The molecule has 0 radical (unpaired) electrons. The zero-order valence-corrected chi connectivity index (χ0v) is 22.7. The Balaban J connectivity index is 4.76. The van der Waals surface area contributed by atoms with Crippen molar-refractivity contribution < 1.29 is 19.1 Å². The van der Waals surface area contributed by atoms with E-state index in [9.17, 15) is 9.59 Å². The molecule has 0 aliphatic rings. The van der Waals surface area contributed by atoms with Crippen LogP contribution in [0.15, 0.2) is 0 Å². The van der Waals surface area contributed by atoms with Gasteiger partial charge in [-0.2, -0.15) is 0 Å². The van der Waals surface area contributed by atoms with Gasteiger partial charge in [0, 0.05) is 0 Å². The van der Waals surface area contributed by atoms with Gasteiger partial charge in [-0.25, -0.2) is 0 Å². The first-order valence-electron chi connectivity index (χ1n) is 12.2. The summed E-state index contributed by atoms with van der Waals surface area (Å²) in [5, 5.41) is 0. The topological polar surface area (TPSA) is 52.6 Å². The van der Waals surface area contributed by atoms with Crippen LogP contribution >= 0.6 is 0 Å². The normalized spacial score (nSPS) is 11.4. The van der Waals surface area contributed by atoms with E-state index < -0.39 is 18.4 Å². The zero-order chi connectivity index (χ0) is 21.8. The fourth-order valence-electron chi connectivity index (χ4n) is 4.13. The number of carbonyl (C=O) groups is 2. The number of rotatable bonds is 20. The summed E-state index contributed by atoms with van der Waals surface area (Å²) >= 11 is -2.51. The first kappa shape index (κ1) is 28.7. The van der Waals surface area contributed by atoms with Gasteiger partial charge in [-0.05, 0) is 0 Å². The van der Waals surface area contributed by atoms with E-state index in [1.165, 1.54) is 99.8 Å². The van der Waals surface area contributed by atoms with Gasteiger partial charge in [0.2, 0.25) is 0 Å². The molecule has 0 aromatic rings. The third-order valence-electron chi connectivity index (χ3n) is 6.00. The molecule has 0 rings (SSSR count). The van der Waals surface area contributed by atoms with Crippen LogP contribution in [0.25, 0.3) is 0 Å². The number of unbranched alkanes of at least 4 members (excludes halogenated alkanes) is 10. The molecule has 0 aromatic carbocycles. The molecule has 0 aromatic heterocycles. The van der Waals surface area contributed by atoms with Crippen molar-refractivity contribution in [2.45, 2.75) is 122 Å². The van der Waals surface area contributed by atoms with Crippen LogP contribution in [-0.2, 0) is 19.1 Å². The second kappa shape index (κ2) is 19.7. The van der Waals surface area contributed by atoms with Crippen molar-refractivity contribution in [3.63, 3.8) is 0 Å². The molecule has 172 valence electrons. The minimum absolute atomic E-state index is 0.177. The Morgan fingerprint density at radius 1 is 0.552 bits per heavy atom. The van der Waals surface area contributed by atoms with Gasteiger partial charge < -0.3 is 0 Å². The van der Waals surface area contributed by atoms with Crippen LogP contribution in [0.5, 0.6) is 0 Å². The van der Waals surface area contributed by atoms with Gasteiger partial charge >= 0.3 is 185 Å². The van der Waals surface area contributed by atoms with Gasteiger partial charge in [-0.1, -0.05) is 0 Å². The Bertz CT molecular complexity index is 374. The number of ether oxygens (including phenoxy) is 2. The molecule has 0 heterocycles. The number of hydrogen-bond acceptors (Lipinski definition) is 4. The summed E-state index contributed by atoms with van der Waals surface area (Å²) in [7, 11) is 0. The van der Waals surface area contributed by atoms with Crippen molar-refractivity contribution in [3.8, 4) is 0 Å². The molecule has 0 spiro atoms. The van der Waals surface area contributed by atoms with E-state index in [2.05, 4.69) is 13.8 Å². The zero-order valence-electron chi connectivity index (χ0n) is 19.9. The van der Waals surface area contributed by atoms with Crippen LogP contribution in [0.2, 0.25) is 17.7 Å². The van der Waals surface area contributed by atoms with Crippen LogP contribution < -0.4 is 0 Å². The van der Waals surface area contributed by atoms with Crippen LogP contribution in [0.4, 0.5) is 0 Å². The second-order valence-electron chi connectivity index (χ2n) is 8.72. The fourth-order valence-corrected chi connectivity index (χ4v) is 17.2.